The van der Waals surface area contributed by atoms with Gasteiger partial charge in [0.15, 0.2) is 11.5 Å². The van der Waals surface area contributed by atoms with Crippen molar-refractivity contribution in [3.05, 3.63) is 23.8 Å². The summed E-state index contributed by atoms with van der Waals surface area (Å²) in [7, 11) is 0. The lowest BCUT2D eigenvalue weighted by Gasteiger charge is -2.39. The van der Waals surface area contributed by atoms with Crippen LogP contribution in [0.2, 0.25) is 0 Å². The fraction of sp³-hybridized carbons (Fsp3) is 0.625. The monoisotopic (exact) mass is 344 g/mol. The Kier molecular flexibility index (Phi) is 6.39. The van der Waals surface area contributed by atoms with Gasteiger partial charge in [-0.3, -0.25) is 0 Å². The van der Waals surface area contributed by atoms with Gasteiger partial charge in [0.1, 0.15) is 24.4 Å². The van der Waals surface area contributed by atoms with Gasteiger partial charge < -0.3 is 40.1 Å². The number of rotatable bonds is 6. The van der Waals surface area contributed by atoms with Crippen LogP contribution in [-0.2, 0) is 11.2 Å². The van der Waals surface area contributed by atoms with Gasteiger partial charge in [-0.2, -0.15) is 0 Å². The molecule has 0 bridgehead atoms. The lowest BCUT2D eigenvalue weighted by molar-refractivity contribution is -0.277. The zero-order valence-corrected chi connectivity index (χ0v) is 13.3. The molecule has 0 saturated carbocycles. The number of benzene rings is 1. The molecule has 8 heteroatoms. The Hall–Kier alpha value is -1.42. The number of phenolic OH excluding ortho intramolecular Hbond substituents is 1. The van der Waals surface area contributed by atoms with Crippen LogP contribution in [0.3, 0.4) is 0 Å². The van der Waals surface area contributed by atoms with Crippen LogP contribution in [0.4, 0.5) is 0 Å². The van der Waals surface area contributed by atoms with E-state index in [2.05, 4.69) is 0 Å². The molecule has 24 heavy (non-hydrogen) atoms. The van der Waals surface area contributed by atoms with E-state index in [0.717, 1.165) is 5.56 Å². The zero-order valence-electron chi connectivity index (χ0n) is 13.3. The van der Waals surface area contributed by atoms with E-state index >= 15 is 0 Å². The molecule has 0 aromatic heterocycles. The second-order valence-electron chi connectivity index (χ2n) is 6.00. The highest BCUT2D eigenvalue weighted by Gasteiger charge is 2.44. The molecule has 136 valence electrons. The molecule has 6 atom stereocenters. The largest absolute Gasteiger partial charge is 0.504 e. The van der Waals surface area contributed by atoms with E-state index in [1.165, 1.54) is 6.07 Å². The highest BCUT2D eigenvalue weighted by Crippen LogP contribution is 2.31. The molecule has 0 spiro atoms. The molecule has 8 nitrogen and oxygen atoms in total. The van der Waals surface area contributed by atoms with Gasteiger partial charge in [0.25, 0.3) is 0 Å². The van der Waals surface area contributed by atoms with E-state index in [0.29, 0.717) is 12.8 Å². The minimum atomic E-state index is -1.55. The number of phenols is 1. The van der Waals surface area contributed by atoms with Gasteiger partial charge in [-0.25, -0.2) is 0 Å². The third-order valence-electron chi connectivity index (χ3n) is 3.97. The lowest BCUT2D eigenvalue weighted by atomic mass is 9.99. The van der Waals surface area contributed by atoms with Crippen molar-refractivity contribution in [2.45, 2.75) is 56.6 Å². The summed E-state index contributed by atoms with van der Waals surface area (Å²) in [5.74, 6) is -0.157. The third-order valence-corrected chi connectivity index (χ3v) is 3.97. The van der Waals surface area contributed by atoms with Gasteiger partial charge in [-0.1, -0.05) is 6.07 Å². The summed E-state index contributed by atoms with van der Waals surface area (Å²) in [5.41, 5.74) is 0.799. The molecular formula is C16H24O8. The third kappa shape index (κ3) is 4.35. The Labute approximate surface area is 139 Å². The fourth-order valence-electron chi connectivity index (χ4n) is 2.47. The van der Waals surface area contributed by atoms with E-state index in [-0.39, 0.29) is 11.5 Å². The van der Waals surface area contributed by atoms with E-state index in [1.54, 1.807) is 19.1 Å². The Morgan fingerprint density at radius 1 is 1.17 bits per heavy atom. The van der Waals surface area contributed by atoms with E-state index in [9.17, 15) is 25.5 Å². The summed E-state index contributed by atoms with van der Waals surface area (Å²) in [5, 5.41) is 57.9. The molecular weight excluding hydrogens is 320 g/mol. The number of ether oxygens (including phenoxy) is 2. The van der Waals surface area contributed by atoms with Crippen LogP contribution in [-0.4, -0.2) is 74.1 Å². The second kappa shape index (κ2) is 8.11. The van der Waals surface area contributed by atoms with Crippen molar-refractivity contribution in [3.63, 3.8) is 0 Å². The van der Waals surface area contributed by atoms with Gasteiger partial charge in [0, 0.05) is 0 Å². The highest BCUT2D eigenvalue weighted by molar-refractivity contribution is 5.42. The van der Waals surface area contributed by atoms with Gasteiger partial charge in [0.2, 0.25) is 6.29 Å². The number of aliphatic hydroxyl groups excluding tert-OH is 5. The summed E-state index contributed by atoms with van der Waals surface area (Å²) >= 11 is 0. The first-order chi connectivity index (χ1) is 11.3. The number of aromatic hydroxyl groups is 1. The summed E-state index contributed by atoms with van der Waals surface area (Å²) in [6, 6.07) is 4.63. The average molecular weight is 344 g/mol. The number of hydrogen-bond acceptors (Lipinski definition) is 8. The predicted molar refractivity (Wildman–Crippen MR) is 82.5 cm³/mol. The molecule has 2 rings (SSSR count). The summed E-state index contributed by atoms with van der Waals surface area (Å²) in [6.45, 7) is 1.11. The van der Waals surface area contributed by atoms with Crippen LogP contribution < -0.4 is 4.74 Å². The van der Waals surface area contributed by atoms with Gasteiger partial charge in [-0.05, 0) is 37.5 Å². The Balaban J connectivity index is 2.12. The Morgan fingerprint density at radius 2 is 1.88 bits per heavy atom. The van der Waals surface area contributed by atoms with E-state index in [1.807, 2.05) is 0 Å². The quantitative estimate of drug-likeness (QED) is 0.382. The topological polar surface area (TPSA) is 140 Å². The summed E-state index contributed by atoms with van der Waals surface area (Å²) < 4.78 is 10.7. The van der Waals surface area contributed by atoms with Crippen molar-refractivity contribution in [3.8, 4) is 11.5 Å². The molecule has 1 aliphatic heterocycles. The highest BCUT2D eigenvalue weighted by atomic mass is 16.7. The van der Waals surface area contributed by atoms with Crippen molar-refractivity contribution >= 4 is 0 Å². The number of hydrogen-bond donors (Lipinski definition) is 6. The molecule has 0 amide bonds. The van der Waals surface area contributed by atoms with Crippen LogP contribution in [0, 0.1) is 0 Å². The molecule has 1 fully saturated rings. The van der Waals surface area contributed by atoms with Crippen LogP contribution >= 0.6 is 0 Å². The van der Waals surface area contributed by atoms with Gasteiger partial charge >= 0.3 is 0 Å². The average Bonchev–Trinajstić information content (AvgIpc) is 2.55. The minimum Gasteiger partial charge on any atom is -0.504 e. The lowest BCUT2D eigenvalue weighted by Crippen LogP contribution is -2.60. The maximum atomic E-state index is 9.96. The fourth-order valence-corrected chi connectivity index (χ4v) is 2.47. The van der Waals surface area contributed by atoms with Crippen LogP contribution in [0.5, 0.6) is 11.5 Å². The first kappa shape index (κ1) is 18.9. The van der Waals surface area contributed by atoms with Crippen molar-refractivity contribution in [2.24, 2.45) is 0 Å². The Bertz CT molecular complexity index is 533. The first-order valence-corrected chi connectivity index (χ1v) is 7.80. The molecule has 1 unspecified atom stereocenters. The maximum absolute atomic E-state index is 9.96. The molecule has 1 aromatic rings. The van der Waals surface area contributed by atoms with Crippen molar-refractivity contribution in [1.82, 2.24) is 0 Å². The number of aryl methyl sites for hydroxylation is 1. The molecule has 1 heterocycles. The van der Waals surface area contributed by atoms with Crippen LogP contribution in [0.1, 0.15) is 18.9 Å². The molecule has 1 aromatic carbocycles. The van der Waals surface area contributed by atoms with Crippen molar-refractivity contribution < 1.29 is 40.1 Å². The van der Waals surface area contributed by atoms with Crippen molar-refractivity contribution in [1.29, 1.82) is 0 Å². The minimum absolute atomic E-state index is 0.0300. The number of aliphatic hydroxyl groups is 5. The zero-order chi connectivity index (χ0) is 17.9. The SMILES string of the molecule is CC(O)CCc1ccc(O)c(O[C@H]2O[C@H](CO)[C@@H](O)[C@H](O)[C@H]2O)c1. The van der Waals surface area contributed by atoms with E-state index < -0.39 is 43.4 Å². The molecule has 1 saturated heterocycles. The van der Waals surface area contributed by atoms with Crippen LogP contribution in [0.15, 0.2) is 18.2 Å². The standard InChI is InChI=1S/C16H24O8/c1-8(18)2-3-9-4-5-10(19)11(6-9)23-16-15(22)14(21)13(20)12(7-17)24-16/h4-6,8,12-22H,2-3,7H2,1H3/t8?,12-,13-,14+,15-,16+/m1/s1. The Morgan fingerprint density at radius 3 is 2.50 bits per heavy atom. The molecule has 6 N–H and O–H groups in total. The summed E-state index contributed by atoms with van der Waals surface area (Å²) in [4.78, 5) is 0. The second-order valence-corrected chi connectivity index (χ2v) is 6.00. The predicted octanol–water partition coefficient (Wildman–Crippen LogP) is -1.12. The smallest absolute Gasteiger partial charge is 0.229 e. The maximum Gasteiger partial charge on any atom is 0.229 e. The molecule has 0 aliphatic carbocycles. The molecule has 0 radical (unpaired) electrons. The van der Waals surface area contributed by atoms with Gasteiger partial charge in [-0.15, -0.1) is 0 Å². The van der Waals surface area contributed by atoms with Crippen LogP contribution in [0.25, 0.3) is 0 Å². The van der Waals surface area contributed by atoms with Crippen molar-refractivity contribution in [2.75, 3.05) is 6.61 Å². The van der Waals surface area contributed by atoms with E-state index in [4.69, 9.17) is 14.6 Å². The first-order valence-electron chi connectivity index (χ1n) is 7.80. The molecule has 1 aliphatic rings. The summed E-state index contributed by atoms with van der Waals surface area (Å²) in [6.07, 6.45) is -6.41. The normalized spacial score (nSPS) is 31.7. The van der Waals surface area contributed by atoms with Gasteiger partial charge in [0.05, 0.1) is 12.7 Å².